The predicted octanol–water partition coefficient (Wildman–Crippen LogP) is 2.99. The summed E-state index contributed by atoms with van der Waals surface area (Å²) >= 11 is 0. The van der Waals surface area contributed by atoms with E-state index in [1.165, 1.54) is 5.56 Å². The molecule has 1 saturated carbocycles. The van der Waals surface area contributed by atoms with E-state index in [1.807, 2.05) is 12.1 Å². The molecule has 1 aliphatic carbocycles. The van der Waals surface area contributed by atoms with Gasteiger partial charge < -0.3 is 14.4 Å². The van der Waals surface area contributed by atoms with Crippen molar-refractivity contribution >= 4 is 5.69 Å². The van der Waals surface area contributed by atoms with Gasteiger partial charge >= 0.3 is 0 Å². The zero-order chi connectivity index (χ0) is 14.9. The normalized spacial score (nSPS) is 21.4. The Labute approximate surface area is 126 Å². The van der Waals surface area contributed by atoms with Crippen LogP contribution in [-0.4, -0.2) is 32.1 Å². The molecule has 2 aliphatic rings. The molecule has 1 saturated heterocycles. The number of anilines is 1. The molecule has 0 N–H and O–H groups in total. The van der Waals surface area contributed by atoms with E-state index >= 15 is 0 Å². The van der Waals surface area contributed by atoms with Gasteiger partial charge in [0.15, 0.2) is 5.79 Å². The molecule has 0 amide bonds. The van der Waals surface area contributed by atoms with Gasteiger partial charge in [0.2, 0.25) is 0 Å². The fraction of sp³-hybridized carbons (Fsp3) is 0.588. The zero-order valence-electron chi connectivity index (χ0n) is 12.8. The molecule has 4 nitrogen and oxygen atoms in total. The summed E-state index contributed by atoms with van der Waals surface area (Å²) in [7, 11) is 2.09. The first kappa shape index (κ1) is 14.4. The Morgan fingerprint density at radius 1 is 1.24 bits per heavy atom. The number of nitrogens with zero attached hydrogens (tertiary/aromatic N) is 2. The molecule has 21 heavy (non-hydrogen) atoms. The summed E-state index contributed by atoms with van der Waals surface area (Å²) in [6.45, 7) is 3.50. The molecular formula is C17H22N2O2. The van der Waals surface area contributed by atoms with Gasteiger partial charge in [0, 0.05) is 25.9 Å². The first-order chi connectivity index (χ1) is 10.1. The maximum Gasteiger partial charge on any atom is 0.168 e. The zero-order valence-corrected chi connectivity index (χ0v) is 12.8. The minimum atomic E-state index is -0.317. The van der Waals surface area contributed by atoms with Crippen LogP contribution in [0.2, 0.25) is 0 Å². The summed E-state index contributed by atoms with van der Waals surface area (Å²) in [4.78, 5) is 2.26. The molecular weight excluding hydrogens is 264 g/mol. The minimum absolute atomic E-state index is 0.317. The lowest BCUT2D eigenvalue weighted by Gasteiger charge is -2.40. The Morgan fingerprint density at radius 2 is 1.90 bits per heavy atom. The van der Waals surface area contributed by atoms with Crippen LogP contribution in [-0.2, 0) is 9.47 Å². The summed E-state index contributed by atoms with van der Waals surface area (Å²) in [5, 5.41) is 9.31. The second-order valence-electron chi connectivity index (χ2n) is 6.08. The quantitative estimate of drug-likeness (QED) is 0.838. The molecule has 1 aromatic carbocycles. The van der Waals surface area contributed by atoms with E-state index in [1.54, 1.807) is 0 Å². The van der Waals surface area contributed by atoms with Gasteiger partial charge in [-0.15, -0.1) is 0 Å². The van der Waals surface area contributed by atoms with Crippen molar-refractivity contribution in [2.75, 3.05) is 25.2 Å². The van der Waals surface area contributed by atoms with Crippen molar-refractivity contribution in [1.29, 1.82) is 5.26 Å². The van der Waals surface area contributed by atoms with Crippen LogP contribution in [0.5, 0.6) is 0 Å². The molecule has 0 atom stereocenters. The molecule has 112 valence electrons. The molecule has 1 spiro atoms. The first-order valence-corrected chi connectivity index (χ1v) is 7.65. The van der Waals surface area contributed by atoms with Gasteiger partial charge in [-0.25, -0.2) is 0 Å². The molecule has 0 aromatic heterocycles. The molecule has 0 unspecified atom stereocenters. The summed E-state index contributed by atoms with van der Waals surface area (Å²) < 4.78 is 11.6. The maximum atomic E-state index is 9.31. The molecule has 1 aromatic rings. The van der Waals surface area contributed by atoms with Gasteiger partial charge in [-0.2, -0.15) is 5.26 Å². The van der Waals surface area contributed by atoms with Crippen LogP contribution >= 0.6 is 0 Å². The number of rotatable bonds is 2. The second-order valence-corrected chi connectivity index (χ2v) is 6.08. The highest BCUT2D eigenvalue weighted by molar-refractivity contribution is 5.60. The third-order valence-electron chi connectivity index (χ3n) is 4.73. The molecule has 1 heterocycles. The van der Waals surface area contributed by atoms with Gasteiger partial charge in [0.05, 0.1) is 24.5 Å². The predicted molar refractivity (Wildman–Crippen MR) is 81.2 cm³/mol. The van der Waals surface area contributed by atoms with Gasteiger partial charge in [0.1, 0.15) is 6.07 Å². The molecule has 0 radical (unpaired) electrons. The van der Waals surface area contributed by atoms with Crippen LogP contribution in [0.25, 0.3) is 0 Å². The number of nitriles is 1. The minimum Gasteiger partial charge on any atom is -0.371 e. The van der Waals surface area contributed by atoms with Gasteiger partial charge in [0.25, 0.3) is 0 Å². The van der Waals surface area contributed by atoms with Crippen molar-refractivity contribution < 1.29 is 9.47 Å². The number of aryl methyl sites for hydroxylation is 1. The van der Waals surface area contributed by atoms with Crippen LogP contribution in [0.3, 0.4) is 0 Å². The smallest absolute Gasteiger partial charge is 0.168 e. The van der Waals surface area contributed by atoms with Crippen LogP contribution < -0.4 is 4.90 Å². The van der Waals surface area contributed by atoms with Crippen molar-refractivity contribution in [3.05, 3.63) is 29.3 Å². The summed E-state index contributed by atoms with van der Waals surface area (Å²) in [6, 6.07) is 8.75. The maximum absolute atomic E-state index is 9.31. The van der Waals surface area contributed by atoms with Gasteiger partial charge in [-0.1, -0.05) is 6.07 Å². The number of benzene rings is 1. The average molecular weight is 286 g/mol. The Bertz CT molecular complexity index is 548. The lowest BCUT2D eigenvalue weighted by atomic mass is 9.88. The topological polar surface area (TPSA) is 45.5 Å². The molecule has 3 rings (SSSR count). The fourth-order valence-corrected chi connectivity index (χ4v) is 3.44. The third kappa shape index (κ3) is 2.76. The number of ether oxygens (including phenoxy) is 2. The van der Waals surface area contributed by atoms with Crippen molar-refractivity contribution in [3.63, 3.8) is 0 Å². The van der Waals surface area contributed by atoms with E-state index in [-0.39, 0.29) is 5.79 Å². The van der Waals surface area contributed by atoms with E-state index in [4.69, 9.17) is 9.47 Å². The second kappa shape index (κ2) is 5.67. The van der Waals surface area contributed by atoms with Crippen LogP contribution in [0, 0.1) is 18.3 Å². The lowest BCUT2D eigenvalue weighted by Crippen LogP contribution is -2.43. The van der Waals surface area contributed by atoms with Gasteiger partial charge in [-0.3, -0.25) is 0 Å². The highest BCUT2D eigenvalue weighted by Gasteiger charge is 2.41. The summed E-state index contributed by atoms with van der Waals surface area (Å²) in [5.74, 6) is -0.317. The molecule has 1 aliphatic heterocycles. The highest BCUT2D eigenvalue weighted by atomic mass is 16.7. The Hall–Kier alpha value is -1.57. The van der Waals surface area contributed by atoms with Crippen molar-refractivity contribution in [2.24, 2.45) is 0 Å². The monoisotopic (exact) mass is 286 g/mol. The molecule has 4 heteroatoms. The summed E-state index contributed by atoms with van der Waals surface area (Å²) in [6.07, 6.45) is 3.95. The van der Waals surface area contributed by atoms with Crippen molar-refractivity contribution in [3.8, 4) is 6.07 Å². The standard InChI is InChI=1S/C17H22N2O2/c1-13-3-4-14(12-18)16(11-13)19(2)15-5-7-17(8-6-15)20-9-10-21-17/h3-4,11,15H,5-10H2,1-2H3. The third-order valence-corrected chi connectivity index (χ3v) is 4.73. The SMILES string of the molecule is Cc1ccc(C#N)c(N(C)C2CCC3(CC2)OCCO3)c1. The average Bonchev–Trinajstić information content (AvgIpc) is 2.95. The molecule has 2 fully saturated rings. The highest BCUT2D eigenvalue weighted by Crippen LogP contribution is 2.38. The molecule has 0 bridgehead atoms. The Balaban J connectivity index is 1.73. The first-order valence-electron chi connectivity index (χ1n) is 7.65. The lowest BCUT2D eigenvalue weighted by molar-refractivity contribution is -0.178. The number of hydrogen-bond acceptors (Lipinski definition) is 4. The Kier molecular flexibility index (Phi) is 3.88. The van der Waals surface area contributed by atoms with Gasteiger partial charge in [-0.05, 0) is 37.5 Å². The van der Waals surface area contributed by atoms with E-state index < -0.39 is 0 Å². The largest absolute Gasteiger partial charge is 0.371 e. The van der Waals surface area contributed by atoms with E-state index in [2.05, 4.69) is 31.0 Å². The Morgan fingerprint density at radius 3 is 2.52 bits per heavy atom. The summed E-state index contributed by atoms with van der Waals surface area (Å²) in [5.41, 5.74) is 2.97. The van der Waals surface area contributed by atoms with E-state index in [0.717, 1.165) is 50.1 Å². The number of hydrogen-bond donors (Lipinski definition) is 0. The van der Waals surface area contributed by atoms with Crippen LogP contribution in [0.4, 0.5) is 5.69 Å². The van der Waals surface area contributed by atoms with Crippen molar-refractivity contribution in [2.45, 2.75) is 44.4 Å². The van der Waals surface area contributed by atoms with E-state index in [0.29, 0.717) is 6.04 Å². The van der Waals surface area contributed by atoms with Crippen LogP contribution in [0.15, 0.2) is 18.2 Å². The van der Waals surface area contributed by atoms with E-state index in [9.17, 15) is 5.26 Å². The van der Waals surface area contributed by atoms with Crippen LogP contribution in [0.1, 0.15) is 36.8 Å². The fourth-order valence-electron chi connectivity index (χ4n) is 3.44. The van der Waals surface area contributed by atoms with Crippen molar-refractivity contribution in [1.82, 2.24) is 0 Å².